The van der Waals surface area contributed by atoms with Crippen LogP contribution in [0.25, 0.3) is 11.5 Å². The van der Waals surface area contributed by atoms with Gasteiger partial charge in [-0.3, -0.25) is 4.90 Å². The zero-order valence-electron chi connectivity index (χ0n) is 17.8. The van der Waals surface area contributed by atoms with Crippen LogP contribution in [0.4, 0.5) is 0 Å². The summed E-state index contributed by atoms with van der Waals surface area (Å²) in [5, 5.41) is 4.60. The Morgan fingerprint density at radius 1 is 1.03 bits per heavy atom. The van der Waals surface area contributed by atoms with Gasteiger partial charge in [0.25, 0.3) is 4.84 Å². The molecule has 8 heteroatoms. The Morgan fingerprint density at radius 2 is 1.70 bits per heavy atom. The maximum absolute atomic E-state index is 5.79. The maximum Gasteiger partial charge on any atom is 0.288 e. The Kier molecular flexibility index (Phi) is 7.48. The van der Waals surface area contributed by atoms with E-state index >= 15 is 0 Å². The van der Waals surface area contributed by atoms with Crippen LogP contribution in [0.2, 0.25) is 0 Å². The summed E-state index contributed by atoms with van der Waals surface area (Å²) >= 11 is 5.43. The number of hydrogen-bond donors (Lipinski definition) is 0. The first-order chi connectivity index (χ1) is 14.6. The molecule has 0 spiro atoms. The van der Waals surface area contributed by atoms with Crippen LogP contribution in [0.5, 0.6) is 17.2 Å². The average Bonchev–Trinajstić information content (AvgIpc) is 3.13. The molecule has 3 rings (SSSR count). The third kappa shape index (κ3) is 5.01. The molecule has 2 aromatic carbocycles. The van der Waals surface area contributed by atoms with Gasteiger partial charge in [0.1, 0.15) is 0 Å². The van der Waals surface area contributed by atoms with E-state index in [1.807, 2.05) is 18.2 Å². The molecule has 0 radical (unpaired) electrons. The molecule has 0 saturated carbocycles. The molecule has 7 nitrogen and oxygen atoms in total. The second-order valence-corrected chi connectivity index (χ2v) is 7.12. The maximum atomic E-state index is 5.79. The van der Waals surface area contributed by atoms with Gasteiger partial charge in [0.2, 0.25) is 11.6 Å². The van der Waals surface area contributed by atoms with Crippen LogP contribution in [-0.4, -0.2) is 42.6 Å². The van der Waals surface area contributed by atoms with Crippen LogP contribution >= 0.6 is 12.2 Å². The molecule has 0 aliphatic rings. The summed E-state index contributed by atoms with van der Waals surface area (Å²) in [4.78, 5) is 2.60. The standard InChI is InChI=1S/C22H27N3O4S/c1-5-11-24(14-16-9-7-6-8-10-16)15-25-22(30)29-21(23-25)17-12-18(26-2)20(28-4)19(13-17)27-3/h6-10,12-13H,5,11,14-15H2,1-4H3. The number of methoxy groups -OCH3 is 3. The van der Waals surface area contributed by atoms with Gasteiger partial charge in [-0.25, -0.2) is 4.68 Å². The molecular formula is C22H27N3O4S. The van der Waals surface area contributed by atoms with E-state index in [1.54, 1.807) is 38.1 Å². The van der Waals surface area contributed by atoms with Gasteiger partial charge in [-0.2, -0.15) is 0 Å². The van der Waals surface area contributed by atoms with Gasteiger partial charge < -0.3 is 18.6 Å². The number of nitrogens with zero attached hydrogens (tertiary/aromatic N) is 3. The molecule has 1 heterocycles. The number of benzene rings is 2. The lowest BCUT2D eigenvalue weighted by Gasteiger charge is -2.21. The number of hydrogen-bond acceptors (Lipinski definition) is 7. The highest BCUT2D eigenvalue weighted by Crippen LogP contribution is 2.40. The summed E-state index contributed by atoms with van der Waals surface area (Å²) in [6.07, 6.45) is 1.03. The van der Waals surface area contributed by atoms with E-state index in [-0.39, 0.29) is 0 Å². The Hall–Kier alpha value is -2.84. The van der Waals surface area contributed by atoms with Crippen molar-refractivity contribution in [2.24, 2.45) is 0 Å². The normalized spacial score (nSPS) is 11.0. The molecule has 0 aliphatic heterocycles. The van der Waals surface area contributed by atoms with Crippen molar-refractivity contribution >= 4 is 12.2 Å². The molecule has 0 amide bonds. The van der Waals surface area contributed by atoms with Gasteiger partial charge in [0.05, 0.1) is 28.0 Å². The van der Waals surface area contributed by atoms with Crippen molar-refractivity contribution in [3.05, 3.63) is 52.9 Å². The minimum Gasteiger partial charge on any atom is -0.493 e. The van der Waals surface area contributed by atoms with Crippen LogP contribution in [0.3, 0.4) is 0 Å². The topological polar surface area (TPSA) is 61.9 Å². The van der Waals surface area contributed by atoms with Crippen molar-refractivity contribution < 1.29 is 18.6 Å². The predicted molar refractivity (Wildman–Crippen MR) is 118 cm³/mol. The summed E-state index contributed by atoms with van der Waals surface area (Å²) in [6, 6.07) is 13.9. The van der Waals surface area contributed by atoms with Crippen LogP contribution in [0.15, 0.2) is 46.9 Å². The zero-order chi connectivity index (χ0) is 21.5. The molecule has 0 atom stereocenters. The monoisotopic (exact) mass is 429 g/mol. The highest BCUT2D eigenvalue weighted by atomic mass is 32.1. The van der Waals surface area contributed by atoms with Gasteiger partial charge >= 0.3 is 0 Å². The second-order valence-electron chi connectivity index (χ2n) is 6.77. The van der Waals surface area contributed by atoms with Crippen LogP contribution < -0.4 is 14.2 Å². The molecule has 0 N–H and O–H groups in total. The van der Waals surface area contributed by atoms with Crippen molar-refractivity contribution in [2.45, 2.75) is 26.6 Å². The Balaban J connectivity index is 1.88. The van der Waals surface area contributed by atoms with E-state index in [2.05, 4.69) is 29.1 Å². The highest BCUT2D eigenvalue weighted by Gasteiger charge is 2.18. The third-order valence-corrected chi connectivity index (χ3v) is 4.93. The molecular weight excluding hydrogens is 402 g/mol. The molecule has 0 unspecified atom stereocenters. The van der Waals surface area contributed by atoms with Crippen molar-refractivity contribution in [3.8, 4) is 28.7 Å². The summed E-state index contributed by atoms with van der Waals surface area (Å²) < 4.78 is 23.7. The van der Waals surface area contributed by atoms with Gasteiger partial charge in [-0.1, -0.05) is 37.3 Å². The summed E-state index contributed by atoms with van der Waals surface area (Å²) in [5.41, 5.74) is 1.94. The molecule has 0 aliphatic carbocycles. The van der Waals surface area contributed by atoms with Gasteiger partial charge in [-0.15, -0.1) is 5.10 Å². The van der Waals surface area contributed by atoms with E-state index in [0.717, 1.165) is 19.5 Å². The fourth-order valence-electron chi connectivity index (χ4n) is 3.26. The zero-order valence-corrected chi connectivity index (χ0v) is 18.6. The fourth-order valence-corrected chi connectivity index (χ4v) is 3.44. The van der Waals surface area contributed by atoms with Crippen LogP contribution in [0.1, 0.15) is 18.9 Å². The van der Waals surface area contributed by atoms with Crippen molar-refractivity contribution in [1.82, 2.24) is 14.7 Å². The second kappa shape index (κ2) is 10.3. The lowest BCUT2D eigenvalue weighted by atomic mass is 10.2. The molecule has 1 aromatic heterocycles. The van der Waals surface area contributed by atoms with E-state index in [4.69, 9.17) is 30.8 Å². The minimum absolute atomic E-state index is 0.313. The average molecular weight is 430 g/mol. The SMILES string of the molecule is CCCN(Cc1ccccc1)Cn1nc(-c2cc(OC)c(OC)c(OC)c2)oc1=S. The Bertz CT molecular complexity index is 992. The quantitative estimate of drug-likeness (QED) is 0.430. The van der Waals surface area contributed by atoms with E-state index in [1.165, 1.54) is 5.56 Å². The lowest BCUT2D eigenvalue weighted by Crippen LogP contribution is -2.27. The lowest BCUT2D eigenvalue weighted by molar-refractivity contribution is 0.195. The van der Waals surface area contributed by atoms with Crippen molar-refractivity contribution in [2.75, 3.05) is 27.9 Å². The minimum atomic E-state index is 0.313. The van der Waals surface area contributed by atoms with Crippen LogP contribution in [-0.2, 0) is 13.2 Å². The fraction of sp³-hybridized carbons (Fsp3) is 0.364. The summed E-state index contributed by atoms with van der Waals surface area (Å²) in [5.74, 6) is 1.97. The van der Waals surface area contributed by atoms with Crippen molar-refractivity contribution in [3.63, 3.8) is 0 Å². The van der Waals surface area contributed by atoms with Crippen molar-refractivity contribution in [1.29, 1.82) is 0 Å². The first-order valence-electron chi connectivity index (χ1n) is 9.74. The Labute approximate surface area is 181 Å². The van der Waals surface area contributed by atoms with E-state index in [9.17, 15) is 0 Å². The largest absolute Gasteiger partial charge is 0.493 e. The number of ether oxygens (including phenoxy) is 3. The van der Waals surface area contributed by atoms with Crippen LogP contribution in [0, 0.1) is 4.84 Å². The molecule has 3 aromatic rings. The number of rotatable bonds is 10. The molecule has 0 saturated heterocycles. The van der Waals surface area contributed by atoms with E-state index < -0.39 is 0 Å². The van der Waals surface area contributed by atoms with Gasteiger partial charge in [0.15, 0.2) is 11.5 Å². The highest BCUT2D eigenvalue weighted by molar-refractivity contribution is 7.71. The predicted octanol–water partition coefficient (Wildman–Crippen LogP) is 4.77. The van der Waals surface area contributed by atoms with Gasteiger partial charge in [0, 0.05) is 12.1 Å². The van der Waals surface area contributed by atoms with E-state index in [0.29, 0.717) is 40.2 Å². The Morgan fingerprint density at radius 3 is 2.27 bits per heavy atom. The molecule has 0 bridgehead atoms. The first kappa shape index (κ1) is 21.9. The third-order valence-electron chi connectivity index (χ3n) is 4.64. The van der Waals surface area contributed by atoms with Gasteiger partial charge in [-0.05, 0) is 42.9 Å². The smallest absolute Gasteiger partial charge is 0.288 e. The summed E-state index contributed by atoms with van der Waals surface area (Å²) in [7, 11) is 4.71. The summed E-state index contributed by atoms with van der Waals surface area (Å²) in [6.45, 7) is 4.42. The number of aromatic nitrogens is 2. The molecule has 160 valence electrons. The molecule has 30 heavy (non-hydrogen) atoms. The first-order valence-corrected chi connectivity index (χ1v) is 10.1. The molecule has 0 fully saturated rings.